The molecule has 42 heavy (non-hydrogen) atoms. The fourth-order valence-electron chi connectivity index (χ4n) is 6.94. The summed E-state index contributed by atoms with van der Waals surface area (Å²) in [5.41, 5.74) is 2.90. The Balaban J connectivity index is 1.32. The minimum Gasteiger partial charge on any atom is -0.366 e. The number of carbonyl (C=O) groups excluding carboxylic acids is 2. The molecule has 0 N–H and O–H groups in total. The standard InChI is InChI=1S/C32H36FN3O5S/c1-22(37)34-18-19-36(42(39,40)32(2)15-6-3-7-16-32)27-20-29(41-21-28(27)34)31(38)35-17-14-23-8-4-5-9-26(23)30(35)24-10-12-25(33)13-11-24/h3-13,15,27-30H,14,16-21H2,1-2H3/t27-,28-,29+,30-,32?/m0/s1. The summed E-state index contributed by atoms with van der Waals surface area (Å²) >= 11 is 0. The summed E-state index contributed by atoms with van der Waals surface area (Å²) < 4.78 is 48.7. The number of fused-ring (bicyclic) bond motifs is 2. The Morgan fingerprint density at radius 1 is 0.976 bits per heavy atom. The van der Waals surface area contributed by atoms with Crippen LogP contribution in [0, 0.1) is 5.82 Å². The Kier molecular flexibility index (Phi) is 7.57. The molecule has 2 saturated heterocycles. The van der Waals surface area contributed by atoms with E-state index in [1.165, 1.54) is 23.4 Å². The zero-order valence-corrected chi connectivity index (χ0v) is 24.7. The SMILES string of the molecule is CC(=O)N1CCN(S(=O)(=O)C2(C)C=CC=CC2)[C@H]2C[C@H](C(=O)N3CCc4ccccc4[C@@H]3c3ccc(F)cc3)OC[C@@H]21. The summed E-state index contributed by atoms with van der Waals surface area (Å²) in [7, 11) is -3.83. The van der Waals surface area contributed by atoms with Crippen LogP contribution >= 0.6 is 0 Å². The quantitative estimate of drug-likeness (QED) is 0.541. The molecule has 5 atom stereocenters. The van der Waals surface area contributed by atoms with Crippen LogP contribution in [0.4, 0.5) is 4.39 Å². The fourth-order valence-corrected chi connectivity index (χ4v) is 8.94. The van der Waals surface area contributed by atoms with Gasteiger partial charge >= 0.3 is 0 Å². The summed E-state index contributed by atoms with van der Waals surface area (Å²) in [5.74, 6) is -0.736. The van der Waals surface area contributed by atoms with Crippen molar-refractivity contribution in [2.45, 2.75) is 62.1 Å². The first-order valence-electron chi connectivity index (χ1n) is 14.5. The van der Waals surface area contributed by atoms with E-state index in [4.69, 9.17) is 4.74 Å². The number of sulfonamides is 1. The molecule has 222 valence electrons. The number of hydrogen-bond donors (Lipinski definition) is 0. The van der Waals surface area contributed by atoms with Crippen molar-refractivity contribution < 1.29 is 27.1 Å². The minimum absolute atomic E-state index is 0.0603. The first-order valence-corrected chi connectivity index (χ1v) is 15.9. The molecule has 2 amide bonds. The van der Waals surface area contributed by atoms with E-state index in [9.17, 15) is 22.4 Å². The van der Waals surface area contributed by atoms with Crippen LogP contribution in [0.1, 0.15) is 49.4 Å². The van der Waals surface area contributed by atoms with Gasteiger partial charge in [0.15, 0.2) is 0 Å². The van der Waals surface area contributed by atoms with Crippen molar-refractivity contribution >= 4 is 21.8 Å². The summed E-state index contributed by atoms with van der Waals surface area (Å²) in [6.45, 7) is 4.13. The first kappa shape index (κ1) is 28.8. The highest BCUT2D eigenvalue weighted by molar-refractivity contribution is 7.90. The average molecular weight is 594 g/mol. The molecule has 0 aromatic heterocycles. The van der Waals surface area contributed by atoms with Crippen molar-refractivity contribution in [1.82, 2.24) is 14.1 Å². The Hall–Kier alpha value is -3.34. The van der Waals surface area contributed by atoms with Crippen molar-refractivity contribution in [2.24, 2.45) is 0 Å². The molecule has 3 heterocycles. The number of piperazine rings is 1. The second-order valence-corrected chi connectivity index (χ2v) is 14.1. The molecule has 2 aromatic rings. The van der Waals surface area contributed by atoms with Crippen LogP contribution in [0.15, 0.2) is 72.8 Å². The smallest absolute Gasteiger partial charge is 0.252 e. The molecule has 0 bridgehead atoms. The van der Waals surface area contributed by atoms with Gasteiger partial charge in [-0.3, -0.25) is 9.59 Å². The maximum atomic E-state index is 14.3. The van der Waals surface area contributed by atoms with E-state index in [1.807, 2.05) is 36.4 Å². The summed E-state index contributed by atoms with van der Waals surface area (Å²) in [4.78, 5) is 30.3. The number of ether oxygens (including phenoxy) is 1. The average Bonchev–Trinajstić information content (AvgIpc) is 3.00. The van der Waals surface area contributed by atoms with E-state index < -0.39 is 39.0 Å². The lowest BCUT2D eigenvalue weighted by atomic mass is 9.87. The highest BCUT2D eigenvalue weighted by Gasteiger charge is 2.52. The number of carbonyl (C=O) groups is 2. The van der Waals surface area contributed by atoms with Gasteiger partial charge in [0.1, 0.15) is 16.7 Å². The Morgan fingerprint density at radius 2 is 1.74 bits per heavy atom. The maximum Gasteiger partial charge on any atom is 0.252 e. The molecule has 2 fully saturated rings. The fraction of sp³-hybridized carbons (Fsp3) is 0.438. The topological polar surface area (TPSA) is 87.2 Å². The molecule has 0 saturated carbocycles. The van der Waals surface area contributed by atoms with Gasteiger partial charge in [-0.25, -0.2) is 12.8 Å². The van der Waals surface area contributed by atoms with Crippen molar-refractivity contribution in [3.63, 3.8) is 0 Å². The third kappa shape index (κ3) is 4.89. The monoisotopic (exact) mass is 593 g/mol. The Labute approximate surface area is 246 Å². The Bertz CT molecular complexity index is 1540. The largest absolute Gasteiger partial charge is 0.366 e. The van der Waals surface area contributed by atoms with Gasteiger partial charge in [0.2, 0.25) is 15.9 Å². The lowest BCUT2D eigenvalue weighted by molar-refractivity contribution is -0.160. The van der Waals surface area contributed by atoms with Gasteiger partial charge in [0.05, 0.1) is 24.7 Å². The molecule has 0 radical (unpaired) electrons. The molecule has 1 unspecified atom stereocenters. The second kappa shape index (κ2) is 11.1. The molecule has 0 spiro atoms. The molecule has 2 aromatic carbocycles. The third-order valence-corrected chi connectivity index (χ3v) is 11.8. The predicted molar refractivity (Wildman–Crippen MR) is 156 cm³/mol. The number of hydrogen-bond acceptors (Lipinski definition) is 5. The van der Waals surface area contributed by atoms with Crippen LogP contribution in [-0.4, -0.2) is 83.5 Å². The molecule has 10 heteroatoms. The lowest BCUT2D eigenvalue weighted by Crippen LogP contribution is -2.68. The van der Waals surface area contributed by atoms with E-state index in [-0.39, 0.29) is 43.7 Å². The van der Waals surface area contributed by atoms with E-state index in [2.05, 4.69) is 0 Å². The third-order valence-electron chi connectivity index (χ3n) is 9.25. The van der Waals surface area contributed by atoms with Gasteiger partial charge in [-0.05, 0) is 48.6 Å². The number of benzene rings is 2. The normalized spacial score (nSPS) is 29.6. The van der Waals surface area contributed by atoms with Crippen molar-refractivity contribution in [3.8, 4) is 0 Å². The Morgan fingerprint density at radius 3 is 2.45 bits per heavy atom. The van der Waals surface area contributed by atoms with Crippen LogP contribution in [0.25, 0.3) is 0 Å². The van der Waals surface area contributed by atoms with E-state index in [0.29, 0.717) is 19.4 Å². The van der Waals surface area contributed by atoms with Crippen LogP contribution in [0.2, 0.25) is 0 Å². The van der Waals surface area contributed by atoms with Crippen molar-refractivity contribution in [3.05, 3.63) is 95.3 Å². The highest BCUT2D eigenvalue weighted by atomic mass is 32.2. The molecular formula is C32H36FN3O5S. The van der Waals surface area contributed by atoms with Crippen LogP contribution in [-0.2, 0) is 30.8 Å². The highest BCUT2D eigenvalue weighted by Crippen LogP contribution is 2.39. The number of allylic oxidation sites excluding steroid dienone is 3. The number of rotatable bonds is 4. The van der Waals surface area contributed by atoms with Crippen molar-refractivity contribution in [1.29, 1.82) is 0 Å². The first-order chi connectivity index (χ1) is 20.1. The number of amides is 2. The minimum atomic E-state index is -3.83. The molecule has 4 aliphatic rings. The van der Waals surface area contributed by atoms with Crippen LogP contribution in [0.3, 0.4) is 0 Å². The zero-order chi connectivity index (χ0) is 29.6. The van der Waals surface area contributed by atoms with Gasteiger partial charge in [0.25, 0.3) is 5.91 Å². The molecule has 1 aliphatic carbocycles. The van der Waals surface area contributed by atoms with Gasteiger partial charge in [-0.2, -0.15) is 4.31 Å². The maximum absolute atomic E-state index is 14.3. The molecular weight excluding hydrogens is 557 g/mol. The molecule has 3 aliphatic heterocycles. The molecule has 6 rings (SSSR count). The second-order valence-electron chi connectivity index (χ2n) is 11.8. The van der Waals surface area contributed by atoms with E-state index in [0.717, 1.165) is 16.7 Å². The van der Waals surface area contributed by atoms with E-state index >= 15 is 0 Å². The summed E-state index contributed by atoms with van der Waals surface area (Å²) in [6.07, 6.45) is 7.41. The van der Waals surface area contributed by atoms with Crippen molar-refractivity contribution in [2.75, 3.05) is 26.2 Å². The summed E-state index contributed by atoms with van der Waals surface area (Å²) in [6, 6.07) is 12.6. The van der Waals surface area contributed by atoms with Crippen LogP contribution < -0.4 is 0 Å². The van der Waals surface area contributed by atoms with Gasteiger partial charge < -0.3 is 14.5 Å². The zero-order valence-electron chi connectivity index (χ0n) is 23.9. The lowest BCUT2D eigenvalue weighted by Gasteiger charge is -2.52. The predicted octanol–water partition coefficient (Wildman–Crippen LogP) is 3.59. The van der Waals surface area contributed by atoms with Gasteiger partial charge in [-0.15, -0.1) is 0 Å². The summed E-state index contributed by atoms with van der Waals surface area (Å²) in [5, 5.41) is 0. The van der Waals surface area contributed by atoms with Crippen LogP contribution in [0.5, 0.6) is 0 Å². The van der Waals surface area contributed by atoms with Gasteiger partial charge in [0, 0.05) is 33.0 Å². The molecule has 8 nitrogen and oxygen atoms in total. The van der Waals surface area contributed by atoms with E-state index in [1.54, 1.807) is 41.0 Å². The van der Waals surface area contributed by atoms with Gasteiger partial charge in [-0.1, -0.05) is 60.7 Å². The number of halogens is 1. The number of nitrogens with zero attached hydrogens (tertiary/aromatic N) is 3.